The number of benzene rings is 2. The molecule has 0 aliphatic heterocycles. The van der Waals surface area contributed by atoms with Gasteiger partial charge < -0.3 is 0 Å². The van der Waals surface area contributed by atoms with Crippen LogP contribution >= 0.6 is 0 Å². The van der Waals surface area contributed by atoms with Crippen LogP contribution in [0, 0.1) is 12.3 Å². The number of rotatable bonds is 10. The van der Waals surface area contributed by atoms with Gasteiger partial charge in [0, 0.05) is 11.3 Å². The lowest BCUT2D eigenvalue weighted by atomic mass is 9.74. The number of aryl methyl sites for hydroxylation is 2. The van der Waals surface area contributed by atoms with Gasteiger partial charge in [0.1, 0.15) is 5.78 Å². The third-order valence-corrected chi connectivity index (χ3v) is 5.89. The fourth-order valence-electron chi connectivity index (χ4n) is 4.24. The second-order valence-electron chi connectivity index (χ2n) is 9.53. The van der Waals surface area contributed by atoms with E-state index in [1.54, 1.807) is 0 Å². The Hall–Kier alpha value is -2.46. The van der Waals surface area contributed by atoms with Gasteiger partial charge in [0.15, 0.2) is 0 Å². The van der Waals surface area contributed by atoms with Crippen molar-refractivity contribution in [2.75, 3.05) is 0 Å². The van der Waals surface area contributed by atoms with Gasteiger partial charge in [0.2, 0.25) is 5.91 Å². The fourth-order valence-corrected chi connectivity index (χ4v) is 4.24. The Morgan fingerprint density at radius 2 is 1.65 bits per heavy atom. The highest BCUT2D eigenvalue weighted by molar-refractivity contribution is 5.91. The van der Waals surface area contributed by atoms with E-state index in [1.165, 1.54) is 5.56 Å². The van der Waals surface area contributed by atoms with Crippen LogP contribution in [0.4, 0.5) is 0 Å². The Morgan fingerprint density at radius 1 is 0.968 bits per heavy atom. The molecule has 168 valence electrons. The minimum Gasteiger partial charge on any atom is -0.298 e. The van der Waals surface area contributed by atoms with E-state index in [0.29, 0.717) is 6.42 Å². The summed E-state index contributed by atoms with van der Waals surface area (Å²) in [7, 11) is 0. The first-order valence-corrected chi connectivity index (χ1v) is 11.4. The lowest BCUT2D eigenvalue weighted by Gasteiger charge is -2.29. The summed E-state index contributed by atoms with van der Waals surface area (Å²) >= 11 is 0. The van der Waals surface area contributed by atoms with Gasteiger partial charge in [-0.3, -0.25) is 15.0 Å². The van der Waals surface area contributed by atoms with Crippen LogP contribution in [0.5, 0.6) is 0 Å². The van der Waals surface area contributed by atoms with E-state index in [2.05, 4.69) is 30.5 Å². The van der Waals surface area contributed by atoms with Crippen LogP contribution in [0.3, 0.4) is 0 Å². The van der Waals surface area contributed by atoms with Crippen molar-refractivity contribution in [3.8, 4) is 0 Å². The Morgan fingerprint density at radius 3 is 2.23 bits per heavy atom. The van der Waals surface area contributed by atoms with Crippen molar-refractivity contribution in [2.45, 2.75) is 78.6 Å². The number of carbonyl (C=O) groups is 2. The van der Waals surface area contributed by atoms with Crippen molar-refractivity contribution >= 4 is 11.7 Å². The summed E-state index contributed by atoms with van der Waals surface area (Å²) < 4.78 is 0. The Bertz CT molecular complexity index is 869. The number of hydrazine groups is 1. The lowest BCUT2D eigenvalue weighted by molar-refractivity contribution is -0.128. The number of hydrogen-bond donors (Lipinski definition) is 2. The van der Waals surface area contributed by atoms with E-state index in [1.807, 2.05) is 58.0 Å². The monoisotopic (exact) mass is 422 g/mol. The summed E-state index contributed by atoms with van der Waals surface area (Å²) in [5.41, 5.74) is 6.15. The van der Waals surface area contributed by atoms with Crippen molar-refractivity contribution in [1.29, 1.82) is 0 Å². The van der Waals surface area contributed by atoms with Gasteiger partial charge in [0.25, 0.3) is 0 Å². The van der Waals surface area contributed by atoms with E-state index in [9.17, 15) is 9.59 Å². The minimum absolute atomic E-state index is 0.196. The van der Waals surface area contributed by atoms with Crippen molar-refractivity contribution in [2.24, 2.45) is 11.3 Å². The van der Waals surface area contributed by atoms with Gasteiger partial charge in [-0.15, -0.1) is 0 Å². The van der Waals surface area contributed by atoms with Crippen LogP contribution in [-0.2, 0) is 16.0 Å². The Labute approximate surface area is 187 Å². The molecule has 0 aliphatic rings. The second kappa shape index (κ2) is 11.2. The Balaban J connectivity index is 2.45. The Kier molecular flexibility index (Phi) is 9.00. The third-order valence-electron chi connectivity index (χ3n) is 5.89. The quantitative estimate of drug-likeness (QED) is 0.298. The molecule has 3 N–H and O–H groups in total. The molecule has 0 saturated carbocycles. The smallest absolute Gasteiger partial charge is 0.241 e. The van der Waals surface area contributed by atoms with E-state index in [4.69, 9.17) is 5.84 Å². The molecule has 2 rings (SSSR count). The SMILES string of the molecule is CCC[C@@H](C(=O)NN)c1ccc(C)cc1[C@H](CCCc1ccccc1)C(=O)C(C)(C)C. The van der Waals surface area contributed by atoms with Gasteiger partial charge >= 0.3 is 0 Å². The van der Waals surface area contributed by atoms with Crippen LogP contribution in [0.25, 0.3) is 0 Å². The van der Waals surface area contributed by atoms with Gasteiger partial charge in [-0.25, -0.2) is 5.84 Å². The third kappa shape index (κ3) is 6.76. The van der Waals surface area contributed by atoms with Gasteiger partial charge in [-0.1, -0.05) is 88.2 Å². The first-order valence-electron chi connectivity index (χ1n) is 11.4. The second-order valence-corrected chi connectivity index (χ2v) is 9.53. The number of carbonyl (C=O) groups excluding carboxylic acids is 2. The summed E-state index contributed by atoms with van der Waals surface area (Å²) in [4.78, 5) is 26.2. The molecule has 0 saturated heterocycles. The summed E-state index contributed by atoms with van der Waals surface area (Å²) in [6.07, 6.45) is 4.14. The molecule has 4 heteroatoms. The zero-order chi connectivity index (χ0) is 23.0. The van der Waals surface area contributed by atoms with Crippen molar-refractivity contribution < 1.29 is 9.59 Å². The molecule has 0 bridgehead atoms. The predicted molar refractivity (Wildman–Crippen MR) is 128 cm³/mol. The number of amides is 1. The topological polar surface area (TPSA) is 72.2 Å². The van der Waals surface area contributed by atoms with E-state index < -0.39 is 5.41 Å². The van der Waals surface area contributed by atoms with Crippen LogP contribution in [-0.4, -0.2) is 11.7 Å². The number of Topliss-reactive ketones (excluding diaryl/α,β-unsaturated/α-hetero) is 1. The lowest BCUT2D eigenvalue weighted by Crippen LogP contribution is -2.36. The molecule has 0 heterocycles. The van der Waals surface area contributed by atoms with Crippen LogP contribution < -0.4 is 11.3 Å². The highest BCUT2D eigenvalue weighted by Gasteiger charge is 2.34. The number of ketones is 1. The normalized spacial score (nSPS) is 13.5. The van der Waals surface area contributed by atoms with E-state index >= 15 is 0 Å². The van der Waals surface area contributed by atoms with E-state index in [0.717, 1.165) is 42.4 Å². The fraction of sp³-hybridized carbons (Fsp3) is 0.481. The van der Waals surface area contributed by atoms with Crippen molar-refractivity contribution in [3.63, 3.8) is 0 Å². The molecular weight excluding hydrogens is 384 g/mol. The summed E-state index contributed by atoms with van der Waals surface area (Å²) in [6, 6.07) is 16.5. The largest absolute Gasteiger partial charge is 0.298 e. The van der Waals surface area contributed by atoms with Gasteiger partial charge in [-0.2, -0.15) is 0 Å². The predicted octanol–water partition coefficient (Wildman–Crippen LogP) is 5.59. The molecule has 4 nitrogen and oxygen atoms in total. The minimum atomic E-state index is -0.463. The molecule has 0 aliphatic carbocycles. The zero-order valence-electron chi connectivity index (χ0n) is 19.7. The molecule has 2 aromatic rings. The zero-order valence-corrected chi connectivity index (χ0v) is 19.7. The molecule has 2 atom stereocenters. The van der Waals surface area contributed by atoms with Crippen LogP contribution in [0.2, 0.25) is 0 Å². The maximum absolute atomic E-state index is 13.6. The molecule has 0 spiro atoms. The average Bonchev–Trinajstić information content (AvgIpc) is 2.74. The molecule has 0 fully saturated rings. The van der Waals surface area contributed by atoms with Gasteiger partial charge in [0.05, 0.1) is 5.92 Å². The van der Waals surface area contributed by atoms with E-state index in [-0.39, 0.29) is 23.5 Å². The highest BCUT2D eigenvalue weighted by atomic mass is 16.2. The first kappa shape index (κ1) is 24.8. The van der Waals surface area contributed by atoms with Crippen LogP contribution in [0.15, 0.2) is 48.5 Å². The number of nitrogens with two attached hydrogens (primary N) is 1. The van der Waals surface area contributed by atoms with Crippen molar-refractivity contribution in [3.05, 3.63) is 70.8 Å². The molecular formula is C27H38N2O2. The van der Waals surface area contributed by atoms with Gasteiger partial charge in [-0.05, 0) is 49.3 Å². The standard InChI is InChI=1S/C27H38N2O2/c1-6-11-23(26(31)29-28)21-17-16-19(2)18-24(21)22(25(30)27(3,4)5)15-10-14-20-12-8-7-9-13-20/h7-9,12-13,16-18,22-23H,6,10-11,14-15,28H2,1-5H3,(H,29,31)/t22-,23+/m0/s1. The van der Waals surface area contributed by atoms with Crippen molar-refractivity contribution in [1.82, 2.24) is 5.43 Å². The molecule has 0 unspecified atom stereocenters. The average molecular weight is 423 g/mol. The van der Waals surface area contributed by atoms with Crippen LogP contribution in [0.1, 0.15) is 87.5 Å². The molecule has 31 heavy (non-hydrogen) atoms. The maximum Gasteiger partial charge on any atom is 0.241 e. The number of hydrogen-bond acceptors (Lipinski definition) is 3. The summed E-state index contributed by atoms with van der Waals surface area (Å²) in [6.45, 7) is 10.0. The number of nitrogens with one attached hydrogen (secondary N) is 1. The summed E-state index contributed by atoms with van der Waals surface area (Å²) in [5.74, 6) is 4.93. The summed E-state index contributed by atoms with van der Waals surface area (Å²) in [5, 5.41) is 0. The molecule has 1 amide bonds. The molecule has 0 aromatic heterocycles. The highest BCUT2D eigenvalue weighted by Crippen LogP contribution is 2.37. The molecule has 0 radical (unpaired) electrons. The molecule has 2 aromatic carbocycles. The first-order chi connectivity index (χ1) is 14.7. The maximum atomic E-state index is 13.6.